The van der Waals surface area contributed by atoms with E-state index in [2.05, 4.69) is 50.3 Å². The highest BCUT2D eigenvalue weighted by Gasteiger charge is 2.47. The van der Waals surface area contributed by atoms with Gasteiger partial charge in [-0.15, -0.1) is 0 Å². The average Bonchev–Trinajstić information content (AvgIpc) is 3.34. The van der Waals surface area contributed by atoms with E-state index in [-0.39, 0.29) is 26.1 Å². The summed E-state index contributed by atoms with van der Waals surface area (Å²) >= 11 is 0. The van der Waals surface area contributed by atoms with Gasteiger partial charge in [-0.2, -0.15) is 0 Å². The molecule has 4 unspecified atom stereocenters. The SMILES string of the molecule is CCCCC/C=C/C/C=C/CCCCCCCCCCCC(=O)OC[C@@H](CO[C@@H]1O[C@H](CO[C@@H]2O[C@H](CO)[C@H](O)C(O)C2O)[C@H](O)C(O)C1O)OC(=O)CCCCCCC/C=C/CCCCCCC. The van der Waals surface area contributed by atoms with E-state index in [0.29, 0.717) is 12.8 Å². The molecule has 0 aromatic rings. The molecule has 0 radical (unpaired) electrons. The second kappa shape index (κ2) is 41.2. The minimum atomic E-state index is -1.77. The lowest BCUT2D eigenvalue weighted by molar-refractivity contribution is -0.332. The largest absolute Gasteiger partial charge is 0.462 e. The predicted molar refractivity (Wildman–Crippen MR) is 266 cm³/mol. The third-order valence-corrected chi connectivity index (χ3v) is 12.8. The van der Waals surface area contributed by atoms with E-state index in [4.69, 9.17) is 28.4 Å². The zero-order chi connectivity index (χ0) is 50.3. The third-order valence-electron chi connectivity index (χ3n) is 12.8. The zero-order valence-corrected chi connectivity index (χ0v) is 42.5. The summed E-state index contributed by atoms with van der Waals surface area (Å²) in [5.74, 6) is -0.936. The van der Waals surface area contributed by atoms with E-state index < -0.39 is 92.7 Å². The minimum absolute atomic E-state index is 0.155. The van der Waals surface area contributed by atoms with Gasteiger partial charge >= 0.3 is 11.9 Å². The number of carbonyl (C=O) groups excluding carboxylic acids is 2. The van der Waals surface area contributed by atoms with Crippen molar-refractivity contribution in [2.45, 2.75) is 268 Å². The highest BCUT2D eigenvalue weighted by Crippen LogP contribution is 2.26. The maximum absolute atomic E-state index is 13.0. The molecule has 2 rings (SSSR count). The summed E-state index contributed by atoms with van der Waals surface area (Å²) in [6.45, 7) is 2.55. The summed E-state index contributed by atoms with van der Waals surface area (Å²) < 4.78 is 33.6. The van der Waals surface area contributed by atoms with Crippen molar-refractivity contribution in [2.75, 3.05) is 26.4 Å². The van der Waals surface area contributed by atoms with Crippen molar-refractivity contribution in [2.24, 2.45) is 0 Å². The van der Waals surface area contributed by atoms with Gasteiger partial charge in [0.05, 0.1) is 19.8 Å². The summed E-state index contributed by atoms with van der Waals surface area (Å²) in [5.41, 5.74) is 0. The van der Waals surface area contributed by atoms with Gasteiger partial charge in [0.1, 0.15) is 55.4 Å². The van der Waals surface area contributed by atoms with Crippen LogP contribution in [0, 0.1) is 0 Å². The number of hydrogen-bond donors (Lipinski definition) is 7. The van der Waals surface area contributed by atoms with Crippen molar-refractivity contribution in [3.8, 4) is 0 Å². The number of ether oxygens (including phenoxy) is 6. The van der Waals surface area contributed by atoms with Gasteiger partial charge in [0.15, 0.2) is 18.7 Å². The highest BCUT2D eigenvalue weighted by atomic mass is 16.7. The van der Waals surface area contributed by atoms with Crippen LogP contribution in [0.25, 0.3) is 0 Å². The quantitative estimate of drug-likeness (QED) is 0.0174. The number of carbonyl (C=O) groups is 2. The molecule has 2 aliphatic heterocycles. The van der Waals surface area contributed by atoms with Crippen molar-refractivity contribution in [3.05, 3.63) is 36.5 Å². The Balaban J connectivity index is 1.78. The number of hydrogen-bond acceptors (Lipinski definition) is 15. The highest BCUT2D eigenvalue weighted by molar-refractivity contribution is 5.70. The van der Waals surface area contributed by atoms with Crippen LogP contribution in [0.5, 0.6) is 0 Å². The minimum Gasteiger partial charge on any atom is -0.462 e. The molecule has 2 aliphatic rings. The van der Waals surface area contributed by atoms with Crippen molar-refractivity contribution < 1.29 is 73.8 Å². The first-order valence-electron chi connectivity index (χ1n) is 27.1. The van der Waals surface area contributed by atoms with E-state index in [9.17, 15) is 45.3 Å². The first-order valence-corrected chi connectivity index (χ1v) is 27.1. The van der Waals surface area contributed by atoms with Crippen LogP contribution in [-0.4, -0.2) is 142 Å². The van der Waals surface area contributed by atoms with Crippen LogP contribution in [-0.2, 0) is 38.0 Å². The molecule has 69 heavy (non-hydrogen) atoms. The number of rotatable bonds is 42. The fourth-order valence-electron chi connectivity index (χ4n) is 8.36. The molecule has 7 N–H and O–H groups in total. The van der Waals surface area contributed by atoms with Gasteiger partial charge in [0.25, 0.3) is 0 Å². The Labute approximate surface area is 415 Å². The number of aliphatic hydroxyl groups is 7. The second-order valence-electron chi connectivity index (χ2n) is 19.0. The smallest absolute Gasteiger partial charge is 0.306 e. The maximum atomic E-state index is 13.0. The van der Waals surface area contributed by atoms with Crippen LogP contribution < -0.4 is 0 Å². The monoisotopic (exact) mass is 985 g/mol. The molecule has 0 spiro atoms. The molecule has 2 fully saturated rings. The van der Waals surface area contributed by atoms with Gasteiger partial charge in [0.2, 0.25) is 0 Å². The molecule has 0 aromatic carbocycles. The lowest BCUT2D eigenvalue weighted by Gasteiger charge is -2.42. The Morgan fingerprint density at radius 1 is 0.464 bits per heavy atom. The number of esters is 2. The summed E-state index contributed by atoms with van der Waals surface area (Å²) in [7, 11) is 0. The van der Waals surface area contributed by atoms with Gasteiger partial charge < -0.3 is 64.2 Å². The molecule has 402 valence electrons. The van der Waals surface area contributed by atoms with Crippen molar-refractivity contribution in [3.63, 3.8) is 0 Å². The molecule has 0 bridgehead atoms. The van der Waals surface area contributed by atoms with Crippen LogP contribution in [0.3, 0.4) is 0 Å². The van der Waals surface area contributed by atoms with Gasteiger partial charge in [-0.25, -0.2) is 0 Å². The normalized spacial score (nSPS) is 25.8. The van der Waals surface area contributed by atoms with Crippen molar-refractivity contribution >= 4 is 11.9 Å². The van der Waals surface area contributed by atoms with Crippen molar-refractivity contribution in [1.82, 2.24) is 0 Å². The molecule has 2 saturated heterocycles. The van der Waals surface area contributed by atoms with Crippen LogP contribution in [0.1, 0.15) is 200 Å². The molecule has 2 heterocycles. The molecule has 15 nitrogen and oxygen atoms in total. The van der Waals surface area contributed by atoms with Gasteiger partial charge in [-0.3, -0.25) is 9.59 Å². The number of unbranched alkanes of at least 4 members (excludes halogenated alkanes) is 22. The Kier molecular flexibility index (Phi) is 37.5. The van der Waals surface area contributed by atoms with Crippen molar-refractivity contribution in [1.29, 1.82) is 0 Å². The first kappa shape index (κ1) is 62.8. The van der Waals surface area contributed by atoms with E-state index in [0.717, 1.165) is 70.6 Å². The molecule has 0 amide bonds. The Bertz CT molecular complexity index is 1340. The zero-order valence-electron chi connectivity index (χ0n) is 42.5. The summed E-state index contributed by atoms with van der Waals surface area (Å²) in [6.07, 6.45) is 27.3. The van der Waals surface area contributed by atoms with Crippen LogP contribution in [0.15, 0.2) is 36.5 Å². The molecule has 11 atom stereocenters. The topological polar surface area (TPSA) is 231 Å². The summed E-state index contributed by atoms with van der Waals surface area (Å²) in [4.78, 5) is 25.8. The van der Waals surface area contributed by atoms with E-state index in [1.54, 1.807) is 0 Å². The summed E-state index contributed by atoms with van der Waals surface area (Å²) in [5, 5.41) is 72.1. The first-order chi connectivity index (χ1) is 33.5. The average molecular weight is 985 g/mol. The second-order valence-corrected chi connectivity index (χ2v) is 19.0. The van der Waals surface area contributed by atoms with Crippen LogP contribution in [0.4, 0.5) is 0 Å². The number of aliphatic hydroxyl groups excluding tert-OH is 7. The summed E-state index contributed by atoms with van der Waals surface area (Å²) in [6, 6.07) is 0. The third kappa shape index (κ3) is 29.1. The fourth-order valence-corrected chi connectivity index (χ4v) is 8.36. The van der Waals surface area contributed by atoms with Crippen LogP contribution in [0.2, 0.25) is 0 Å². The van der Waals surface area contributed by atoms with E-state index in [1.165, 1.54) is 89.9 Å². The Hall–Kier alpha value is -2.28. The lowest BCUT2D eigenvalue weighted by Crippen LogP contribution is -2.61. The Morgan fingerprint density at radius 3 is 1.39 bits per heavy atom. The molecule has 0 saturated carbocycles. The molecular weight excluding hydrogens is 889 g/mol. The van der Waals surface area contributed by atoms with Gasteiger partial charge in [-0.1, -0.05) is 153 Å². The van der Waals surface area contributed by atoms with Crippen LogP contribution >= 0.6 is 0 Å². The van der Waals surface area contributed by atoms with Gasteiger partial charge in [0, 0.05) is 12.8 Å². The van der Waals surface area contributed by atoms with E-state index >= 15 is 0 Å². The molecule has 0 aromatic heterocycles. The molecule has 0 aliphatic carbocycles. The molecular formula is C54H96O15. The standard InChI is InChI=1S/C54H96O15/c1-3-5-7-9-11-13-15-17-19-20-21-22-23-25-26-28-30-32-34-36-45(56)64-39-42(67-46(57)37-35-33-31-29-27-24-18-16-14-12-10-8-6-4-2)40-65-53-52(63)50(61)48(59)44(69-53)41-66-54-51(62)49(60)47(58)43(38-55)68-54/h11,13,16-19,42-44,47-55,58-63H,3-10,12,14-15,20-41H2,1-2H3/b13-11+,18-16+,19-17+/t42-,43+,44+,47-,48-,49?,50?,51?,52?,53+,54+/m0/s1. The maximum Gasteiger partial charge on any atom is 0.306 e. The fraction of sp³-hybridized carbons (Fsp3) is 0.852. The predicted octanol–water partition coefficient (Wildman–Crippen LogP) is 8.10. The van der Waals surface area contributed by atoms with Gasteiger partial charge in [-0.05, 0) is 70.6 Å². The number of allylic oxidation sites excluding steroid dienone is 6. The lowest BCUT2D eigenvalue weighted by atomic mass is 9.98. The van der Waals surface area contributed by atoms with E-state index in [1.807, 2.05) is 0 Å². The Morgan fingerprint density at radius 2 is 0.870 bits per heavy atom. The molecule has 15 heteroatoms.